The average molecular weight is 238 g/mol. The van der Waals surface area contributed by atoms with Crippen LogP contribution >= 0.6 is 0 Å². The minimum atomic E-state index is 0.351. The van der Waals surface area contributed by atoms with Gasteiger partial charge in [-0.2, -0.15) is 0 Å². The SMILES string of the molecule is CCC(C)(C)N1CC2(CCN(C(C)(C)C)C2)C1. The predicted octanol–water partition coefficient (Wildman–Crippen LogP) is 2.98. The Morgan fingerprint density at radius 1 is 0.941 bits per heavy atom. The van der Waals surface area contributed by atoms with E-state index in [2.05, 4.69) is 51.3 Å². The van der Waals surface area contributed by atoms with Crippen LogP contribution in [0.4, 0.5) is 0 Å². The number of rotatable bonds is 2. The molecule has 2 nitrogen and oxygen atoms in total. The molecule has 0 radical (unpaired) electrons. The van der Waals surface area contributed by atoms with Gasteiger partial charge in [-0.1, -0.05) is 6.92 Å². The summed E-state index contributed by atoms with van der Waals surface area (Å²) in [7, 11) is 0. The van der Waals surface area contributed by atoms with Crippen LogP contribution in [0.2, 0.25) is 0 Å². The van der Waals surface area contributed by atoms with Gasteiger partial charge in [0.15, 0.2) is 0 Å². The van der Waals surface area contributed by atoms with Crippen molar-refractivity contribution in [3.05, 3.63) is 0 Å². The van der Waals surface area contributed by atoms with Gasteiger partial charge in [0.2, 0.25) is 0 Å². The van der Waals surface area contributed by atoms with E-state index in [4.69, 9.17) is 0 Å². The second-order valence-corrected chi connectivity index (χ2v) is 7.86. The van der Waals surface area contributed by atoms with Crippen molar-refractivity contribution < 1.29 is 0 Å². The first kappa shape index (κ1) is 13.4. The summed E-state index contributed by atoms with van der Waals surface area (Å²) in [6.45, 7) is 19.4. The Balaban J connectivity index is 1.92. The lowest BCUT2D eigenvalue weighted by Crippen LogP contribution is -2.64. The van der Waals surface area contributed by atoms with Gasteiger partial charge in [-0.3, -0.25) is 9.80 Å². The zero-order valence-corrected chi connectivity index (χ0v) is 12.6. The lowest BCUT2D eigenvalue weighted by molar-refractivity contribution is -0.0640. The molecule has 2 aliphatic rings. The first-order valence-corrected chi connectivity index (χ1v) is 7.19. The molecule has 2 heterocycles. The minimum Gasteiger partial charge on any atom is -0.298 e. The molecule has 0 aromatic rings. The van der Waals surface area contributed by atoms with Crippen LogP contribution in [0.25, 0.3) is 0 Å². The molecule has 0 amide bonds. The summed E-state index contributed by atoms with van der Waals surface area (Å²) in [6.07, 6.45) is 2.66. The van der Waals surface area contributed by atoms with Crippen LogP contribution in [0.3, 0.4) is 0 Å². The van der Waals surface area contributed by atoms with Crippen LogP contribution in [0.5, 0.6) is 0 Å². The van der Waals surface area contributed by atoms with Crippen molar-refractivity contribution in [1.29, 1.82) is 0 Å². The van der Waals surface area contributed by atoms with Gasteiger partial charge >= 0.3 is 0 Å². The summed E-state index contributed by atoms with van der Waals surface area (Å²) in [5, 5.41) is 0. The van der Waals surface area contributed by atoms with Gasteiger partial charge in [0, 0.05) is 36.1 Å². The van der Waals surface area contributed by atoms with Crippen LogP contribution in [0, 0.1) is 5.41 Å². The Labute approximate surface area is 107 Å². The zero-order chi connectivity index (χ0) is 12.9. The zero-order valence-electron chi connectivity index (χ0n) is 12.6. The highest BCUT2D eigenvalue weighted by molar-refractivity contribution is 5.06. The molecule has 2 saturated heterocycles. The Hall–Kier alpha value is -0.0800. The predicted molar refractivity (Wildman–Crippen MR) is 74.3 cm³/mol. The van der Waals surface area contributed by atoms with E-state index in [-0.39, 0.29) is 0 Å². The fraction of sp³-hybridized carbons (Fsp3) is 1.00. The lowest BCUT2D eigenvalue weighted by Gasteiger charge is -2.55. The molecule has 100 valence electrons. The smallest absolute Gasteiger partial charge is 0.0151 e. The minimum absolute atomic E-state index is 0.351. The summed E-state index contributed by atoms with van der Waals surface area (Å²) in [6, 6.07) is 0. The molecular formula is C15H30N2. The monoisotopic (exact) mass is 238 g/mol. The first-order valence-electron chi connectivity index (χ1n) is 7.19. The summed E-state index contributed by atoms with van der Waals surface area (Å²) < 4.78 is 0. The highest BCUT2D eigenvalue weighted by Gasteiger charge is 2.52. The normalized spacial score (nSPS) is 26.5. The fourth-order valence-electron chi connectivity index (χ4n) is 3.18. The average Bonchev–Trinajstić information content (AvgIpc) is 2.59. The van der Waals surface area contributed by atoms with E-state index >= 15 is 0 Å². The van der Waals surface area contributed by atoms with Crippen LogP contribution < -0.4 is 0 Å². The van der Waals surface area contributed by atoms with Crippen LogP contribution in [-0.2, 0) is 0 Å². The summed E-state index contributed by atoms with van der Waals surface area (Å²) >= 11 is 0. The molecule has 0 aromatic carbocycles. The van der Waals surface area contributed by atoms with Crippen molar-refractivity contribution in [2.24, 2.45) is 5.41 Å². The third-order valence-electron chi connectivity index (χ3n) is 5.16. The molecule has 17 heavy (non-hydrogen) atoms. The number of likely N-dealkylation sites (tertiary alicyclic amines) is 2. The maximum absolute atomic E-state index is 2.68. The largest absolute Gasteiger partial charge is 0.298 e. The van der Waals surface area contributed by atoms with E-state index in [0.29, 0.717) is 16.5 Å². The maximum Gasteiger partial charge on any atom is 0.0151 e. The van der Waals surface area contributed by atoms with E-state index in [1.54, 1.807) is 0 Å². The van der Waals surface area contributed by atoms with Crippen molar-refractivity contribution >= 4 is 0 Å². The molecule has 0 atom stereocenters. The molecule has 0 saturated carbocycles. The number of nitrogens with zero attached hydrogens (tertiary/aromatic N) is 2. The highest BCUT2D eigenvalue weighted by Crippen LogP contribution is 2.44. The van der Waals surface area contributed by atoms with Gasteiger partial charge < -0.3 is 0 Å². The molecule has 1 spiro atoms. The molecule has 0 aromatic heterocycles. The van der Waals surface area contributed by atoms with Gasteiger partial charge in [0.05, 0.1) is 0 Å². The van der Waals surface area contributed by atoms with E-state index < -0.39 is 0 Å². The topological polar surface area (TPSA) is 6.48 Å². The van der Waals surface area contributed by atoms with Crippen molar-refractivity contribution in [2.75, 3.05) is 26.2 Å². The Bertz CT molecular complexity index is 282. The van der Waals surface area contributed by atoms with Gasteiger partial charge in [0.25, 0.3) is 0 Å². The van der Waals surface area contributed by atoms with Crippen molar-refractivity contribution in [3.63, 3.8) is 0 Å². The second kappa shape index (κ2) is 3.96. The molecule has 0 bridgehead atoms. The Kier molecular flexibility index (Phi) is 3.11. The molecule has 2 aliphatic heterocycles. The van der Waals surface area contributed by atoms with E-state index in [9.17, 15) is 0 Å². The fourth-order valence-corrected chi connectivity index (χ4v) is 3.18. The lowest BCUT2D eigenvalue weighted by atomic mass is 9.75. The molecule has 0 unspecified atom stereocenters. The molecular weight excluding hydrogens is 208 g/mol. The molecule has 2 fully saturated rings. The van der Waals surface area contributed by atoms with Crippen molar-refractivity contribution in [2.45, 2.75) is 65.5 Å². The van der Waals surface area contributed by atoms with E-state index in [1.807, 2.05) is 0 Å². The summed E-state index contributed by atoms with van der Waals surface area (Å²) in [5.74, 6) is 0. The van der Waals surface area contributed by atoms with E-state index in [1.165, 1.54) is 39.0 Å². The molecule has 0 N–H and O–H groups in total. The first-order chi connectivity index (χ1) is 7.69. The third kappa shape index (κ3) is 2.39. The summed E-state index contributed by atoms with van der Waals surface area (Å²) in [5.41, 5.74) is 1.38. The van der Waals surface area contributed by atoms with Crippen LogP contribution in [0.1, 0.15) is 54.4 Å². The standard InChI is InChI=1S/C15H30N2/c1-7-14(5,6)17-11-15(12-17)8-9-16(10-15)13(2,3)4/h7-12H2,1-6H3. The van der Waals surface area contributed by atoms with Crippen molar-refractivity contribution in [3.8, 4) is 0 Å². The van der Waals surface area contributed by atoms with Crippen LogP contribution in [-0.4, -0.2) is 47.1 Å². The summed E-state index contributed by atoms with van der Waals surface area (Å²) in [4.78, 5) is 5.35. The van der Waals surface area contributed by atoms with E-state index in [0.717, 1.165) is 0 Å². The Morgan fingerprint density at radius 2 is 1.47 bits per heavy atom. The van der Waals surface area contributed by atoms with Gasteiger partial charge in [0.1, 0.15) is 0 Å². The van der Waals surface area contributed by atoms with Crippen LogP contribution in [0.15, 0.2) is 0 Å². The quantitative estimate of drug-likeness (QED) is 0.730. The Morgan fingerprint density at radius 3 is 1.88 bits per heavy atom. The maximum atomic E-state index is 2.68. The van der Waals surface area contributed by atoms with Gasteiger partial charge in [-0.15, -0.1) is 0 Å². The van der Waals surface area contributed by atoms with Gasteiger partial charge in [-0.25, -0.2) is 0 Å². The van der Waals surface area contributed by atoms with Crippen molar-refractivity contribution in [1.82, 2.24) is 9.80 Å². The second-order valence-electron chi connectivity index (χ2n) is 7.86. The number of hydrogen-bond donors (Lipinski definition) is 0. The molecule has 2 rings (SSSR count). The highest BCUT2D eigenvalue weighted by atomic mass is 15.3. The number of hydrogen-bond acceptors (Lipinski definition) is 2. The molecule has 0 aliphatic carbocycles. The van der Waals surface area contributed by atoms with Gasteiger partial charge in [-0.05, 0) is 54.0 Å². The molecule has 2 heteroatoms. The third-order valence-corrected chi connectivity index (χ3v) is 5.16.